The summed E-state index contributed by atoms with van der Waals surface area (Å²) < 4.78 is 34.4. The Bertz CT molecular complexity index is 1440. The van der Waals surface area contributed by atoms with E-state index in [-0.39, 0.29) is 32.0 Å². The van der Waals surface area contributed by atoms with Gasteiger partial charge in [0.2, 0.25) is 0 Å². The summed E-state index contributed by atoms with van der Waals surface area (Å²) >= 11 is 0. The molecule has 0 amide bonds. The third kappa shape index (κ3) is 50.3. The first kappa shape index (κ1) is 62.9. The van der Waals surface area contributed by atoms with E-state index in [0.29, 0.717) is 17.4 Å². The average molecular weight is 943 g/mol. The smallest absolute Gasteiger partial charge is 0.462 e. The molecule has 2 atom stereocenters. The third-order valence-corrected chi connectivity index (χ3v) is 11.6. The maximum atomic E-state index is 12.8. The van der Waals surface area contributed by atoms with Gasteiger partial charge in [0.05, 0.1) is 27.7 Å². The van der Waals surface area contributed by atoms with Crippen LogP contribution in [0.4, 0.5) is 0 Å². The Morgan fingerprint density at radius 1 is 0.485 bits per heavy atom. The molecule has 9 nitrogen and oxygen atoms in total. The van der Waals surface area contributed by atoms with Gasteiger partial charge in [0, 0.05) is 12.8 Å². The Kier molecular flexibility index (Phi) is 44.8. The Morgan fingerprint density at radius 3 is 1.29 bits per heavy atom. The molecule has 0 radical (unpaired) electrons. The Balaban J connectivity index is 4.34. The fourth-order valence-corrected chi connectivity index (χ4v) is 7.32. The molecular formula is C56H97NO8P+. The summed E-state index contributed by atoms with van der Waals surface area (Å²) in [5, 5.41) is 0. The summed E-state index contributed by atoms with van der Waals surface area (Å²) in [5.41, 5.74) is 0. The summed E-state index contributed by atoms with van der Waals surface area (Å²) in [6, 6.07) is 0. The summed E-state index contributed by atoms with van der Waals surface area (Å²) in [6.07, 6.45) is 63.1. The van der Waals surface area contributed by atoms with Crippen molar-refractivity contribution >= 4 is 19.8 Å². The molecule has 0 aromatic carbocycles. The van der Waals surface area contributed by atoms with Crippen LogP contribution in [0.2, 0.25) is 0 Å². The van der Waals surface area contributed by atoms with Crippen molar-refractivity contribution in [3.8, 4) is 0 Å². The number of unbranched alkanes of at least 4 members (excludes halogenated alkanes) is 16. The normalized spacial score (nSPS) is 14.2. The molecule has 0 bridgehead atoms. The van der Waals surface area contributed by atoms with Crippen molar-refractivity contribution in [1.82, 2.24) is 0 Å². The second-order valence-corrected chi connectivity index (χ2v) is 19.6. The van der Waals surface area contributed by atoms with Gasteiger partial charge in [-0.05, 0) is 96.3 Å². The van der Waals surface area contributed by atoms with Crippen LogP contribution in [0.1, 0.15) is 194 Å². The van der Waals surface area contributed by atoms with Crippen molar-refractivity contribution in [2.75, 3.05) is 47.5 Å². The molecule has 2 unspecified atom stereocenters. The van der Waals surface area contributed by atoms with Crippen LogP contribution in [-0.2, 0) is 32.7 Å². The van der Waals surface area contributed by atoms with Gasteiger partial charge in [-0.25, -0.2) is 4.57 Å². The number of quaternary nitrogens is 1. The van der Waals surface area contributed by atoms with Crippen molar-refractivity contribution < 1.29 is 42.1 Å². The first-order valence-electron chi connectivity index (χ1n) is 26.0. The molecular weight excluding hydrogens is 846 g/mol. The number of hydrogen-bond acceptors (Lipinski definition) is 7. The first-order chi connectivity index (χ1) is 32.0. The number of allylic oxidation sites excluding steroid dienone is 16. The molecule has 0 rings (SSSR count). The zero-order chi connectivity index (χ0) is 48.5. The molecule has 66 heavy (non-hydrogen) atoms. The number of phosphoric acid groups is 1. The van der Waals surface area contributed by atoms with Crippen LogP contribution in [0.25, 0.3) is 0 Å². The van der Waals surface area contributed by atoms with E-state index in [9.17, 15) is 19.0 Å². The van der Waals surface area contributed by atoms with E-state index >= 15 is 0 Å². The highest BCUT2D eigenvalue weighted by atomic mass is 31.2. The van der Waals surface area contributed by atoms with Gasteiger partial charge in [-0.3, -0.25) is 18.6 Å². The maximum Gasteiger partial charge on any atom is 0.472 e. The lowest BCUT2D eigenvalue weighted by atomic mass is 10.1. The van der Waals surface area contributed by atoms with E-state index in [1.807, 2.05) is 21.1 Å². The monoisotopic (exact) mass is 943 g/mol. The number of carbonyl (C=O) groups excluding carboxylic acids is 2. The number of likely N-dealkylation sites (N-methyl/N-ethyl adjacent to an activating group) is 1. The molecule has 0 saturated carbocycles. The van der Waals surface area contributed by atoms with Crippen LogP contribution in [0, 0.1) is 0 Å². The van der Waals surface area contributed by atoms with Crippen molar-refractivity contribution in [2.24, 2.45) is 0 Å². The molecule has 0 aliphatic rings. The molecule has 0 aliphatic carbocycles. The van der Waals surface area contributed by atoms with Crippen molar-refractivity contribution in [3.63, 3.8) is 0 Å². The molecule has 0 heterocycles. The number of nitrogens with zero attached hydrogens (tertiary/aromatic N) is 1. The Morgan fingerprint density at radius 2 is 0.864 bits per heavy atom. The predicted octanol–water partition coefficient (Wildman–Crippen LogP) is 15.7. The molecule has 378 valence electrons. The van der Waals surface area contributed by atoms with Crippen molar-refractivity contribution in [3.05, 3.63) is 97.2 Å². The van der Waals surface area contributed by atoms with Crippen molar-refractivity contribution in [2.45, 2.75) is 200 Å². The number of rotatable bonds is 46. The zero-order valence-corrected chi connectivity index (χ0v) is 43.5. The minimum absolute atomic E-state index is 0.0202. The van der Waals surface area contributed by atoms with E-state index < -0.39 is 26.5 Å². The summed E-state index contributed by atoms with van der Waals surface area (Å²) in [4.78, 5) is 35.6. The highest BCUT2D eigenvalue weighted by Crippen LogP contribution is 2.43. The van der Waals surface area contributed by atoms with E-state index in [1.54, 1.807) is 0 Å². The topological polar surface area (TPSA) is 108 Å². The van der Waals surface area contributed by atoms with Gasteiger partial charge < -0.3 is 18.9 Å². The third-order valence-electron chi connectivity index (χ3n) is 10.6. The molecule has 0 aromatic rings. The maximum absolute atomic E-state index is 12.8. The SMILES string of the molecule is CC/C=C\C/C=C\C/C=C\C/C=C\C/C=C\C/C=C\CCCCCCC(=O)OC(COC(=O)CCCCCCCCCCC/C=C\C/C=C\CCCCC)COP(=O)(O)OCC[N+](C)(C)C. The standard InChI is InChI=1S/C56H96NO8P/c1-6-8-10-12-14-16-18-20-22-24-26-27-28-29-31-33-35-37-39-41-43-45-47-49-56(59)65-54(53-64-66(60,61)63-51-50-57(3,4)5)52-62-55(58)48-46-44-42-40-38-36-34-32-30-25-23-21-19-17-15-13-11-9-7-2/h8,10,14-17,20-23,26-27,29,31,35,37,54H,6-7,9,11-13,18-19,24-25,28,30,32-34,36,38-53H2,1-5H3/p+1/b10-8-,16-14-,17-15-,22-20-,23-21-,27-26-,31-29-,37-35-. The quantitative estimate of drug-likeness (QED) is 0.0211. The second kappa shape index (κ2) is 47.0. The van der Waals surface area contributed by atoms with Crippen LogP contribution in [0.15, 0.2) is 97.2 Å². The summed E-state index contributed by atoms with van der Waals surface area (Å²) in [7, 11) is 1.44. The van der Waals surface area contributed by atoms with Crippen LogP contribution < -0.4 is 0 Å². The number of phosphoric ester groups is 1. The second-order valence-electron chi connectivity index (χ2n) is 18.2. The molecule has 1 N–H and O–H groups in total. The van der Waals surface area contributed by atoms with Gasteiger partial charge in [0.1, 0.15) is 19.8 Å². The van der Waals surface area contributed by atoms with Gasteiger partial charge in [-0.2, -0.15) is 0 Å². The molecule has 0 aromatic heterocycles. The molecule has 0 fully saturated rings. The Hall–Kier alpha value is -3.07. The van der Waals surface area contributed by atoms with E-state index in [4.69, 9.17) is 18.5 Å². The average Bonchev–Trinajstić information content (AvgIpc) is 3.27. The van der Waals surface area contributed by atoms with Gasteiger partial charge in [-0.15, -0.1) is 0 Å². The molecule has 10 heteroatoms. The van der Waals surface area contributed by atoms with Gasteiger partial charge in [0.25, 0.3) is 0 Å². The van der Waals surface area contributed by atoms with Crippen LogP contribution in [0.3, 0.4) is 0 Å². The number of hydrogen-bond donors (Lipinski definition) is 1. The van der Waals surface area contributed by atoms with E-state index in [0.717, 1.165) is 103 Å². The largest absolute Gasteiger partial charge is 0.472 e. The summed E-state index contributed by atoms with van der Waals surface area (Å²) in [6.45, 7) is 4.24. The number of esters is 2. The fraction of sp³-hybridized carbons (Fsp3) is 0.679. The highest BCUT2D eigenvalue weighted by molar-refractivity contribution is 7.47. The van der Waals surface area contributed by atoms with Gasteiger partial charge in [-0.1, -0.05) is 182 Å². The van der Waals surface area contributed by atoms with Crippen LogP contribution >= 0.6 is 7.82 Å². The molecule has 0 saturated heterocycles. The van der Waals surface area contributed by atoms with E-state index in [1.165, 1.54) is 57.8 Å². The number of ether oxygens (including phenoxy) is 2. The minimum atomic E-state index is -4.40. The minimum Gasteiger partial charge on any atom is -0.462 e. The lowest BCUT2D eigenvalue weighted by molar-refractivity contribution is -0.870. The van der Waals surface area contributed by atoms with Gasteiger partial charge in [0.15, 0.2) is 6.10 Å². The van der Waals surface area contributed by atoms with Gasteiger partial charge >= 0.3 is 19.8 Å². The predicted molar refractivity (Wildman–Crippen MR) is 279 cm³/mol. The summed E-state index contributed by atoms with van der Waals surface area (Å²) in [5.74, 6) is -0.838. The van der Waals surface area contributed by atoms with Crippen LogP contribution in [-0.4, -0.2) is 74.9 Å². The fourth-order valence-electron chi connectivity index (χ4n) is 6.58. The lowest BCUT2D eigenvalue weighted by Crippen LogP contribution is -2.37. The Labute approximate surface area is 404 Å². The highest BCUT2D eigenvalue weighted by Gasteiger charge is 2.27. The first-order valence-corrected chi connectivity index (χ1v) is 27.5. The number of carbonyl (C=O) groups is 2. The van der Waals surface area contributed by atoms with Crippen molar-refractivity contribution in [1.29, 1.82) is 0 Å². The van der Waals surface area contributed by atoms with Crippen LogP contribution in [0.5, 0.6) is 0 Å². The van der Waals surface area contributed by atoms with E-state index in [2.05, 4.69) is 111 Å². The zero-order valence-electron chi connectivity index (χ0n) is 42.6. The molecule has 0 spiro atoms. The molecule has 0 aliphatic heterocycles. The lowest BCUT2D eigenvalue weighted by Gasteiger charge is -2.24.